The third-order valence-corrected chi connectivity index (χ3v) is 5.38. The Hall–Kier alpha value is -0.920. The molecule has 2 rings (SSSR count). The molecule has 0 spiro atoms. The molecule has 0 radical (unpaired) electrons. The SMILES string of the molecule is Cc1ccc(Br)cc1S(=O)(=O)NCC1(C(=O)O)CC1. The highest BCUT2D eigenvalue weighted by Crippen LogP contribution is 2.45. The lowest BCUT2D eigenvalue weighted by Crippen LogP contribution is -2.34. The fourth-order valence-corrected chi connectivity index (χ4v) is 3.70. The molecule has 0 bridgehead atoms. The van der Waals surface area contributed by atoms with Gasteiger partial charge in [0.15, 0.2) is 0 Å². The quantitative estimate of drug-likeness (QED) is 0.851. The van der Waals surface area contributed by atoms with Crippen LogP contribution < -0.4 is 4.72 Å². The van der Waals surface area contributed by atoms with Gasteiger partial charge in [-0.3, -0.25) is 4.79 Å². The minimum Gasteiger partial charge on any atom is -0.481 e. The number of hydrogen-bond acceptors (Lipinski definition) is 3. The van der Waals surface area contributed by atoms with Crippen molar-refractivity contribution in [3.63, 3.8) is 0 Å². The number of hydrogen-bond donors (Lipinski definition) is 2. The van der Waals surface area contributed by atoms with Crippen LogP contribution in [0.15, 0.2) is 27.6 Å². The van der Waals surface area contributed by atoms with Gasteiger partial charge in [-0.25, -0.2) is 13.1 Å². The summed E-state index contributed by atoms with van der Waals surface area (Å²) in [6.07, 6.45) is 1.03. The van der Waals surface area contributed by atoms with Crippen LogP contribution in [-0.4, -0.2) is 26.0 Å². The highest BCUT2D eigenvalue weighted by atomic mass is 79.9. The van der Waals surface area contributed by atoms with E-state index in [9.17, 15) is 13.2 Å². The van der Waals surface area contributed by atoms with Gasteiger partial charge < -0.3 is 5.11 Å². The molecule has 0 amide bonds. The fourth-order valence-electron chi connectivity index (χ4n) is 1.79. The molecule has 104 valence electrons. The van der Waals surface area contributed by atoms with Gasteiger partial charge in [0, 0.05) is 11.0 Å². The molecular formula is C12H14BrNO4S. The summed E-state index contributed by atoms with van der Waals surface area (Å²) in [5, 5.41) is 9.03. The largest absolute Gasteiger partial charge is 0.481 e. The minimum absolute atomic E-state index is 0.0589. The topological polar surface area (TPSA) is 83.5 Å². The Morgan fingerprint density at radius 3 is 2.63 bits per heavy atom. The number of benzene rings is 1. The third kappa shape index (κ3) is 2.98. The Morgan fingerprint density at radius 2 is 2.11 bits per heavy atom. The maximum atomic E-state index is 12.2. The van der Waals surface area contributed by atoms with Gasteiger partial charge in [-0.05, 0) is 37.5 Å². The van der Waals surface area contributed by atoms with Crippen LogP contribution in [0.5, 0.6) is 0 Å². The average Bonchev–Trinajstić information content (AvgIpc) is 3.11. The molecule has 1 aliphatic rings. The van der Waals surface area contributed by atoms with Crippen molar-refractivity contribution < 1.29 is 18.3 Å². The van der Waals surface area contributed by atoms with E-state index in [1.165, 1.54) is 6.07 Å². The Labute approximate surface area is 120 Å². The molecule has 0 aliphatic heterocycles. The molecule has 0 unspecified atom stereocenters. The lowest BCUT2D eigenvalue weighted by Gasteiger charge is -2.13. The number of carboxylic acid groups (broad SMARTS) is 1. The summed E-state index contributed by atoms with van der Waals surface area (Å²) in [6, 6.07) is 4.97. The van der Waals surface area contributed by atoms with E-state index in [4.69, 9.17) is 5.11 Å². The Bertz CT molecular complexity index is 623. The number of carboxylic acids is 1. The molecule has 2 N–H and O–H groups in total. The number of nitrogens with one attached hydrogen (secondary N) is 1. The van der Waals surface area contributed by atoms with Crippen molar-refractivity contribution >= 4 is 31.9 Å². The van der Waals surface area contributed by atoms with Crippen molar-refractivity contribution in [3.8, 4) is 0 Å². The first-order valence-corrected chi connectivity index (χ1v) is 8.04. The molecule has 0 saturated heterocycles. The molecule has 1 aromatic rings. The van der Waals surface area contributed by atoms with E-state index in [-0.39, 0.29) is 11.4 Å². The zero-order chi connectivity index (χ0) is 14.3. The van der Waals surface area contributed by atoms with Gasteiger partial charge in [0.05, 0.1) is 10.3 Å². The second-order valence-electron chi connectivity index (χ2n) is 4.82. The van der Waals surface area contributed by atoms with Crippen LogP contribution in [0.1, 0.15) is 18.4 Å². The monoisotopic (exact) mass is 347 g/mol. The molecule has 1 aromatic carbocycles. The molecule has 1 saturated carbocycles. The van der Waals surface area contributed by atoms with Crippen molar-refractivity contribution in [3.05, 3.63) is 28.2 Å². The van der Waals surface area contributed by atoms with E-state index in [1.807, 2.05) is 0 Å². The van der Waals surface area contributed by atoms with E-state index in [0.717, 1.165) is 0 Å². The first-order chi connectivity index (χ1) is 8.77. The predicted octanol–water partition coefficient (Wildman–Crippen LogP) is 1.90. The molecular weight excluding hydrogens is 334 g/mol. The zero-order valence-corrected chi connectivity index (χ0v) is 12.7. The zero-order valence-electron chi connectivity index (χ0n) is 10.3. The maximum Gasteiger partial charge on any atom is 0.310 e. The summed E-state index contributed by atoms with van der Waals surface area (Å²) in [5.41, 5.74) is -0.289. The van der Waals surface area contributed by atoms with E-state index in [1.54, 1.807) is 19.1 Å². The van der Waals surface area contributed by atoms with Gasteiger partial charge in [0.1, 0.15) is 0 Å². The van der Waals surface area contributed by atoms with Gasteiger partial charge in [0.25, 0.3) is 0 Å². The summed E-state index contributed by atoms with van der Waals surface area (Å²) in [7, 11) is -3.68. The normalized spacial score (nSPS) is 17.2. The van der Waals surface area contributed by atoms with Crippen molar-refractivity contribution in [2.45, 2.75) is 24.7 Å². The van der Waals surface area contributed by atoms with Crippen molar-refractivity contribution in [2.24, 2.45) is 5.41 Å². The standard InChI is InChI=1S/C12H14BrNO4S/c1-8-2-3-9(13)6-10(8)19(17,18)14-7-12(4-5-12)11(15)16/h2-3,6,14H,4-5,7H2,1H3,(H,15,16). The van der Waals surface area contributed by atoms with Crippen LogP contribution in [-0.2, 0) is 14.8 Å². The Kier molecular flexibility index (Phi) is 3.72. The van der Waals surface area contributed by atoms with Gasteiger partial charge in [0.2, 0.25) is 10.0 Å². The maximum absolute atomic E-state index is 12.2. The highest BCUT2D eigenvalue weighted by molar-refractivity contribution is 9.10. The van der Waals surface area contributed by atoms with Crippen molar-refractivity contribution in [1.82, 2.24) is 4.72 Å². The minimum atomic E-state index is -3.68. The lowest BCUT2D eigenvalue weighted by molar-refractivity contribution is -0.143. The average molecular weight is 348 g/mol. The summed E-state index contributed by atoms with van der Waals surface area (Å²) in [5.74, 6) is -0.943. The highest BCUT2D eigenvalue weighted by Gasteiger charge is 2.50. The number of rotatable bonds is 5. The number of sulfonamides is 1. The summed E-state index contributed by atoms with van der Waals surface area (Å²) < 4.78 is 27.4. The van der Waals surface area contributed by atoms with E-state index in [2.05, 4.69) is 20.7 Å². The molecule has 0 heterocycles. The third-order valence-electron chi connectivity index (χ3n) is 3.35. The number of carbonyl (C=O) groups is 1. The van der Waals surface area contributed by atoms with Crippen LogP contribution in [0.3, 0.4) is 0 Å². The Balaban J connectivity index is 2.19. The van der Waals surface area contributed by atoms with Gasteiger partial charge in [-0.15, -0.1) is 0 Å². The smallest absolute Gasteiger partial charge is 0.310 e. The predicted molar refractivity (Wildman–Crippen MR) is 73.4 cm³/mol. The van der Waals surface area contributed by atoms with E-state index in [0.29, 0.717) is 22.9 Å². The van der Waals surface area contributed by atoms with E-state index < -0.39 is 21.4 Å². The van der Waals surface area contributed by atoms with Crippen molar-refractivity contribution in [2.75, 3.05) is 6.54 Å². The Morgan fingerprint density at radius 1 is 1.47 bits per heavy atom. The summed E-state index contributed by atoms with van der Waals surface area (Å²) in [4.78, 5) is 11.2. The number of halogens is 1. The molecule has 7 heteroatoms. The van der Waals surface area contributed by atoms with Crippen molar-refractivity contribution in [1.29, 1.82) is 0 Å². The van der Waals surface area contributed by atoms with Gasteiger partial charge in [-0.1, -0.05) is 22.0 Å². The van der Waals surface area contributed by atoms with Crippen LogP contribution in [0.2, 0.25) is 0 Å². The second kappa shape index (κ2) is 4.88. The first kappa shape index (κ1) is 14.5. The molecule has 0 atom stereocenters. The number of aliphatic carboxylic acids is 1. The molecule has 5 nitrogen and oxygen atoms in total. The van der Waals surface area contributed by atoms with E-state index >= 15 is 0 Å². The summed E-state index contributed by atoms with van der Waals surface area (Å²) >= 11 is 3.23. The molecule has 1 aliphatic carbocycles. The summed E-state index contributed by atoms with van der Waals surface area (Å²) in [6.45, 7) is 1.64. The second-order valence-corrected chi connectivity index (χ2v) is 7.47. The van der Waals surface area contributed by atoms with Crippen LogP contribution in [0, 0.1) is 12.3 Å². The van der Waals surface area contributed by atoms with Crippen LogP contribution >= 0.6 is 15.9 Å². The van der Waals surface area contributed by atoms with Gasteiger partial charge >= 0.3 is 5.97 Å². The van der Waals surface area contributed by atoms with Crippen LogP contribution in [0.25, 0.3) is 0 Å². The lowest BCUT2D eigenvalue weighted by atomic mass is 10.1. The van der Waals surface area contributed by atoms with Crippen LogP contribution in [0.4, 0.5) is 0 Å². The molecule has 19 heavy (non-hydrogen) atoms. The molecule has 0 aromatic heterocycles. The molecule has 1 fully saturated rings. The number of aryl methyl sites for hydroxylation is 1. The first-order valence-electron chi connectivity index (χ1n) is 5.76. The fraction of sp³-hybridized carbons (Fsp3) is 0.417. The van der Waals surface area contributed by atoms with Gasteiger partial charge in [-0.2, -0.15) is 0 Å².